The maximum Gasteiger partial charge on any atom is 0.233 e. The molecule has 8 nitrogen and oxygen atoms in total. The minimum absolute atomic E-state index is 0.000859. The second-order valence-electron chi connectivity index (χ2n) is 7.49. The summed E-state index contributed by atoms with van der Waals surface area (Å²) in [5.41, 5.74) is 2.51. The second-order valence-corrected chi connectivity index (χ2v) is 7.49. The number of hydrogen-bond donors (Lipinski definition) is 0. The van der Waals surface area contributed by atoms with Gasteiger partial charge in [-0.05, 0) is 25.1 Å². The molecule has 3 heterocycles. The maximum atomic E-state index is 6.16. The molecule has 5 rings (SSSR count). The van der Waals surface area contributed by atoms with E-state index < -0.39 is 0 Å². The van der Waals surface area contributed by atoms with Gasteiger partial charge in [-0.15, -0.1) is 0 Å². The number of fused-ring (bicyclic) bond motifs is 2. The smallest absolute Gasteiger partial charge is 0.233 e. The van der Waals surface area contributed by atoms with Crippen molar-refractivity contribution in [1.29, 1.82) is 0 Å². The molecule has 1 aliphatic heterocycles. The molecule has 158 valence electrons. The zero-order valence-electron chi connectivity index (χ0n) is 17.7. The average molecular weight is 417 g/mol. The van der Waals surface area contributed by atoms with Gasteiger partial charge in [-0.25, -0.2) is 19.9 Å². The summed E-state index contributed by atoms with van der Waals surface area (Å²) in [5.74, 6) is 3.43. The zero-order chi connectivity index (χ0) is 21.4. The molecule has 0 bridgehead atoms. The van der Waals surface area contributed by atoms with Crippen LogP contribution in [0.2, 0.25) is 0 Å². The lowest BCUT2D eigenvalue weighted by Crippen LogP contribution is -2.26. The Bertz CT molecular complexity index is 1260. The van der Waals surface area contributed by atoms with E-state index in [4.69, 9.17) is 19.2 Å². The number of ether oxygens (including phenoxy) is 3. The van der Waals surface area contributed by atoms with E-state index in [0.717, 1.165) is 40.7 Å². The van der Waals surface area contributed by atoms with Gasteiger partial charge in [0.25, 0.3) is 0 Å². The van der Waals surface area contributed by atoms with E-state index in [0.29, 0.717) is 29.7 Å². The summed E-state index contributed by atoms with van der Waals surface area (Å²) in [6.45, 7) is 3.42. The van der Waals surface area contributed by atoms with Crippen molar-refractivity contribution in [3.05, 3.63) is 48.4 Å². The van der Waals surface area contributed by atoms with E-state index in [9.17, 15) is 0 Å². The monoisotopic (exact) mass is 417 g/mol. The van der Waals surface area contributed by atoms with Crippen molar-refractivity contribution in [3.63, 3.8) is 0 Å². The molecular weight excluding hydrogens is 394 g/mol. The van der Waals surface area contributed by atoms with E-state index in [2.05, 4.69) is 19.9 Å². The Balaban J connectivity index is 1.42. The molecule has 0 unspecified atom stereocenters. The molecule has 1 fully saturated rings. The molecule has 8 heteroatoms. The van der Waals surface area contributed by atoms with Crippen molar-refractivity contribution < 1.29 is 14.2 Å². The minimum Gasteiger partial charge on any atom is -0.493 e. The number of methoxy groups -OCH3 is 2. The predicted molar refractivity (Wildman–Crippen MR) is 118 cm³/mol. The molecule has 4 aromatic rings. The average Bonchev–Trinajstić information content (AvgIpc) is 3.25. The molecule has 0 N–H and O–H groups in total. The van der Waals surface area contributed by atoms with Crippen LogP contribution in [-0.2, 0) is 0 Å². The number of hydrogen-bond acceptors (Lipinski definition) is 8. The Morgan fingerprint density at radius 2 is 1.71 bits per heavy atom. The molecule has 1 atom stereocenters. The highest BCUT2D eigenvalue weighted by atomic mass is 16.5. The molecule has 31 heavy (non-hydrogen) atoms. The number of aromatic nitrogens is 4. The van der Waals surface area contributed by atoms with Gasteiger partial charge in [-0.2, -0.15) is 0 Å². The number of anilines is 1. The third-order valence-corrected chi connectivity index (χ3v) is 5.45. The summed E-state index contributed by atoms with van der Waals surface area (Å²) in [7, 11) is 3.25. The number of nitrogens with zero attached hydrogens (tertiary/aromatic N) is 5. The summed E-state index contributed by atoms with van der Waals surface area (Å²) in [6.07, 6.45) is 2.56. The van der Waals surface area contributed by atoms with Gasteiger partial charge in [0.1, 0.15) is 17.7 Å². The lowest BCUT2D eigenvalue weighted by Gasteiger charge is -2.20. The van der Waals surface area contributed by atoms with Gasteiger partial charge in [0.05, 0.1) is 43.5 Å². The number of aryl methyl sites for hydroxylation is 1. The lowest BCUT2D eigenvalue weighted by atomic mass is 10.2. The fourth-order valence-electron chi connectivity index (χ4n) is 3.98. The van der Waals surface area contributed by atoms with Crippen LogP contribution in [0, 0.1) is 6.92 Å². The number of rotatable bonds is 5. The SMILES string of the molecule is COc1cc2nc(C)nc(N3CC[C@@H](Oc4cnc5ccccc5n4)C3)c2cc1OC. The number of benzene rings is 2. The molecule has 2 aromatic carbocycles. The quantitative estimate of drug-likeness (QED) is 0.488. The summed E-state index contributed by atoms with van der Waals surface area (Å²) >= 11 is 0. The molecular formula is C23H23N5O3. The van der Waals surface area contributed by atoms with Crippen molar-refractivity contribution in [1.82, 2.24) is 19.9 Å². The van der Waals surface area contributed by atoms with Crippen molar-refractivity contribution in [2.45, 2.75) is 19.4 Å². The first-order valence-corrected chi connectivity index (χ1v) is 10.2. The fraction of sp³-hybridized carbons (Fsp3) is 0.304. The van der Waals surface area contributed by atoms with Crippen LogP contribution < -0.4 is 19.1 Å². The van der Waals surface area contributed by atoms with Crippen molar-refractivity contribution in [2.24, 2.45) is 0 Å². The molecule has 1 saturated heterocycles. The van der Waals surface area contributed by atoms with E-state index >= 15 is 0 Å². The molecule has 0 saturated carbocycles. The van der Waals surface area contributed by atoms with Gasteiger partial charge in [-0.3, -0.25) is 0 Å². The highest BCUT2D eigenvalue weighted by Crippen LogP contribution is 2.36. The van der Waals surface area contributed by atoms with Gasteiger partial charge < -0.3 is 19.1 Å². The van der Waals surface area contributed by atoms with Crippen LogP contribution in [0.5, 0.6) is 17.4 Å². The third-order valence-electron chi connectivity index (χ3n) is 5.45. The molecule has 0 aliphatic carbocycles. The molecule has 0 amide bonds. The van der Waals surface area contributed by atoms with E-state index in [-0.39, 0.29) is 6.10 Å². The second kappa shape index (κ2) is 7.86. The fourth-order valence-corrected chi connectivity index (χ4v) is 3.98. The minimum atomic E-state index is 0.000859. The van der Waals surface area contributed by atoms with Crippen LogP contribution in [0.25, 0.3) is 21.9 Å². The first-order chi connectivity index (χ1) is 15.1. The Labute approximate surface area is 179 Å². The van der Waals surface area contributed by atoms with Crippen molar-refractivity contribution in [2.75, 3.05) is 32.2 Å². The highest BCUT2D eigenvalue weighted by molar-refractivity contribution is 5.92. The van der Waals surface area contributed by atoms with Crippen molar-refractivity contribution >= 4 is 27.8 Å². The Morgan fingerprint density at radius 3 is 2.52 bits per heavy atom. The normalized spacial score (nSPS) is 16.1. The number of para-hydroxylation sites is 2. The Morgan fingerprint density at radius 1 is 0.935 bits per heavy atom. The van der Waals surface area contributed by atoms with Crippen LogP contribution >= 0.6 is 0 Å². The van der Waals surface area contributed by atoms with E-state index in [1.54, 1.807) is 20.4 Å². The summed E-state index contributed by atoms with van der Waals surface area (Å²) in [5, 5.41) is 0.925. The van der Waals surface area contributed by atoms with Gasteiger partial charge in [-0.1, -0.05) is 12.1 Å². The van der Waals surface area contributed by atoms with Gasteiger partial charge in [0.15, 0.2) is 11.5 Å². The summed E-state index contributed by atoms with van der Waals surface area (Å²) in [4.78, 5) is 20.6. The standard InChI is InChI=1S/C23H23N5O3/c1-14-25-19-11-21(30-3)20(29-2)10-16(19)23(26-14)28-9-8-15(13-28)31-22-12-24-17-6-4-5-7-18(17)27-22/h4-7,10-12,15H,8-9,13H2,1-3H3/t15-/m1/s1. The first kappa shape index (κ1) is 19.3. The molecule has 1 aliphatic rings. The first-order valence-electron chi connectivity index (χ1n) is 10.2. The van der Waals surface area contributed by atoms with Crippen LogP contribution in [-0.4, -0.2) is 53.3 Å². The van der Waals surface area contributed by atoms with Crippen LogP contribution in [0.15, 0.2) is 42.6 Å². The largest absolute Gasteiger partial charge is 0.493 e. The van der Waals surface area contributed by atoms with E-state index in [1.807, 2.05) is 43.3 Å². The van der Waals surface area contributed by atoms with Crippen molar-refractivity contribution in [3.8, 4) is 17.4 Å². The van der Waals surface area contributed by atoms with Gasteiger partial charge in [0, 0.05) is 24.4 Å². The predicted octanol–water partition coefficient (Wildman–Crippen LogP) is 3.56. The Kier molecular flexibility index (Phi) is 4.89. The van der Waals surface area contributed by atoms with Crippen LogP contribution in [0.3, 0.4) is 0 Å². The third kappa shape index (κ3) is 3.65. The maximum absolute atomic E-state index is 6.16. The topological polar surface area (TPSA) is 82.5 Å². The Hall–Kier alpha value is -3.68. The van der Waals surface area contributed by atoms with Crippen LogP contribution in [0.4, 0.5) is 5.82 Å². The summed E-state index contributed by atoms with van der Waals surface area (Å²) < 4.78 is 17.1. The highest BCUT2D eigenvalue weighted by Gasteiger charge is 2.27. The lowest BCUT2D eigenvalue weighted by molar-refractivity contribution is 0.216. The van der Waals surface area contributed by atoms with Crippen LogP contribution in [0.1, 0.15) is 12.2 Å². The van der Waals surface area contributed by atoms with Gasteiger partial charge >= 0.3 is 0 Å². The van der Waals surface area contributed by atoms with E-state index in [1.165, 1.54) is 0 Å². The zero-order valence-corrected chi connectivity index (χ0v) is 17.7. The summed E-state index contributed by atoms with van der Waals surface area (Å²) in [6, 6.07) is 11.6. The molecule has 0 spiro atoms. The molecule has 0 radical (unpaired) electrons. The van der Waals surface area contributed by atoms with Gasteiger partial charge in [0.2, 0.25) is 5.88 Å². The molecule has 2 aromatic heterocycles.